The molecule has 165 valence electrons. The van der Waals surface area contributed by atoms with Gasteiger partial charge in [0.25, 0.3) is 0 Å². The average molecular weight is 438 g/mol. The first-order valence-electron chi connectivity index (χ1n) is 8.27. The van der Waals surface area contributed by atoms with Gasteiger partial charge in [0.05, 0.1) is 5.54 Å². The summed E-state index contributed by atoms with van der Waals surface area (Å²) in [6.45, 7) is 4.84. The second-order valence-electron chi connectivity index (χ2n) is 7.68. The fourth-order valence-electron chi connectivity index (χ4n) is 3.40. The van der Waals surface area contributed by atoms with Crippen molar-refractivity contribution in [3.63, 3.8) is 0 Å². The lowest BCUT2D eigenvalue weighted by atomic mass is 9.90. The second kappa shape index (κ2) is 6.66. The molecule has 1 aliphatic heterocycles. The van der Waals surface area contributed by atoms with Crippen molar-refractivity contribution in [1.29, 1.82) is 0 Å². The van der Waals surface area contributed by atoms with Crippen molar-refractivity contribution in [1.82, 2.24) is 5.06 Å². The van der Waals surface area contributed by atoms with Crippen LogP contribution in [0.1, 0.15) is 39.2 Å². The van der Waals surface area contributed by atoms with Gasteiger partial charge >= 0.3 is 24.1 Å². The van der Waals surface area contributed by atoms with Gasteiger partial charge in [0.15, 0.2) is 0 Å². The summed E-state index contributed by atoms with van der Waals surface area (Å²) >= 11 is 0. The van der Waals surface area contributed by atoms with Crippen LogP contribution in [0.5, 0.6) is 5.75 Å². The fourth-order valence-corrected chi connectivity index (χ4v) is 3.40. The lowest BCUT2D eigenvalue weighted by Crippen LogP contribution is -2.69. The smallest absolute Gasteiger partial charge is 0.447 e. The molecule has 1 saturated heterocycles. The lowest BCUT2D eigenvalue weighted by Gasteiger charge is -2.38. The summed E-state index contributed by atoms with van der Waals surface area (Å²) in [4.78, 5) is 0. The molecule has 12 heteroatoms. The lowest BCUT2D eigenvalue weighted by molar-refractivity contribution is -0.436. The van der Waals surface area contributed by atoms with Gasteiger partial charge in [-0.2, -0.15) is 39.5 Å². The Bertz CT molecular complexity index is 701. The first kappa shape index (κ1) is 23.6. The van der Waals surface area contributed by atoms with Crippen LogP contribution in [0, 0.1) is 0 Å². The standard InChI is InChI=1S/C17H17F9NO2/c1-12(2)8-9-13(3,27(12)28)10-4-6-11(7-5-10)29-14(15(18,19)20,16(21,22)23)17(24,25)26/h4-7H,8-9H2,1-3H3. The minimum Gasteiger partial charge on any atom is -0.462 e. The highest BCUT2D eigenvalue weighted by molar-refractivity contribution is 5.33. The summed E-state index contributed by atoms with van der Waals surface area (Å²) in [7, 11) is 0. The van der Waals surface area contributed by atoms with Gasteiger partial charge in [0.1, 0.15) is 5.75 Å². The van der Waals surface area contributed by atoms with E-state index in [9.17, 15) is 44.7 Å². The molecule has 1 atom stereocenters. The summed E-state index contributed by atoms with van der Waals surface area (Å²) in [5, 5.41) is 13.2. The van der Waals surface area contributed by atoms with E-state index in [0.717, 1.165) is 17.2 Å². The molecule has 1 aromatic rings. The number of hydrogen-bond donors (Lipinski definition) is 0. The molecule has 1 heterocycles. The van der Waals surface area contributed by atoms with E-state index in [2.05, 4.69) is 4.74 Å². The largest absolute Gasteiger partial charge is 0.462 e. The molecule has 1 fully saturated rings. The van der Waals surface area contributed by atoms with Crippen LogP contribution in [0.4, 0.5) is 39.5 Å². The van der Waals surface area contributed by atoms with Gasteiger partial charge < -0.3 is 4.74 Å². The normalized spacial score (nSPS) is 24.0. The number of hydrogen-bond acceptors (Lipinski definition) is 2. The predicted octanol–water partition coefficient (Wildman–Crippen LogP) is 5.93. The van der Waals surface area contributed by atoms with Crippen LogP contribution in [-0.2, 0) is 10.7 Å². The van der Waals surface area contributed by atoms with Gasteiger partial charge in [-0.05, 0) is 51.3 Å². The Morgan fingerprint density at radius 2 is 1.21 bits per heavy atom. The van der Waals surface area contributed by atoms with Gasteiger partial charge in [0.2, 0.25) is 0 Å². The molecule has 0 N–H and O–H groups in total. The second-order valence-corrected chi connectivity index (χ2v) is 7.68. The number of ether oxygens (including phenoxy) is 1. The topological polar surface area (TPSA) is 32.4 Å². The number of hydroxylamine groups is 2. The zero-order chi connectivity index (χ0) is 22.7. The molecule has 29 heavy (non-hydrogen) atoms. The van der Waals surface area contributed by atoms with Crippen LogP contribution in [0.2, 0.25) is 0 Å². The summed E-state index contributed by atoms with van der Waals surface area (Å²) in [6, 6.07) is 3.07. The Hall–Kier alpha value is -1.69. The third-order valence-electron chi connectivity index (χ3n) is 5.17. The monoisotopic (exact) mass is 438 g/mol. The van der Waals surface area contributed by atoms with Crippen molar-refractivity contribution in [2.45, 2.75) is 68.8 Å². The van der Waals surface area contributed by atoms with Gasteiger partial charge in [0, 0.05) is 5.54 Å². The zero-order valence-electron chi connectivity index (χ0n) is 15.4. The van der Waals surface area contributed by atoms with Crippen LogP contribution in [-0.4, -0.2) is 34.7 Å². The van der Waals surface area contributed by atoms with Gasteiger partial charge in [-0.25, -0.2) is 0 Å². The van der Waals surface area contributed by atoms with Crippen LogP contribution >= 0.6 is 0 Å². The minimum absolute atomic E-state index is 0.224. The van der Waals surface area contributed by atoms with E-state index in [4.69, 9.17) is 0 Å². The molecule has 1 unspecified atom stereocenters. The molecule has 0 amide bonds. The summed E-state index contributed by atoms with van der Waals surface area (Å²) in [5.41, 5.74) is -8.07. The SMILES string of the molecule is CC1(C)CCC(C)(c2ccc(OC(C(F)(F)F)(C(F)(F)F)C(F)(F)F)cc2)N1[O]. The molecule has 1 radical (unpaired) electrons. The quantitative estimate of drug-likeness (QED) is 0.549. The number of halogens is 9. The third-order valence-corrected chi connectivity index (χ3v) is 5.17. The molecule has 0 saturated carbocycles. The van der Waals surface area contributed by atoms with Gasteiger partial charge in [-0.3, -0.25) is 0 Å². The minimum atomic E-state index is -6.82. The van der Waals surface area contributed by atoms with Crippen LogP contribution in [0.25, 0.3) is 0 Å². The van der Waals surface area contributed by atoms with Gasteiger partial charge in [-0.15, -0.1) is 10.3 Å². The molecule has 2 rings (SSSR count). The zero-order valence-corrected chi connectivity index (χ0v) is 15.4. The molecule has 1 aromatic carbocycles. The first-order chi connectivity index (χ1) is 12.8. The number of rotatable bonds is 3. The van der Waals surface area contributed by atoms with E-state index < -0.39 is 41.0 Å². The maximum atomic E-state index is 13.0. The van der Waals surface area contributed by atoms with Crippen molar-refractivity contribution >= 4 is 0 Å². The summed E-state index contributed by atoms with van der Waals surface area (Å²) < 4.78 is 120. The maximum Gasteiger partial charge on any atom is 0.447 e. The Labute approximate surface area is 160 Å². The highest BCUT2D eigenvalue weighted by Gasteiger charge is 2.87. The molecular weight excluding hydrogens is 421 g/mol. The Morgan fingerprint density at radius 1 is 0.793 bits per heavy atom. The molecule has 1 aliphatic rings. The molecular formula is C17H17F9NO2. The van der Waals surface area contributed by atoms with E-state index in [0.29, 0.717) is 25.0 Å². The number of benzene rings is 1. The van der Waals surface area contributed by atoms with Crippen LogP contribution in [0.3, 0.4) is 0 Å². The van der Waals surface area contributed by atoms with Crippen LogP contribution in [0.15, 0.2) is 24.3 Å². The first-order valence-corrected chi connectivity index (χ1v) is 8.27. The van der Waals surface area contributed by atoms with Crippen molar-refractivity contribution in [2.24, 2.45) is 0 Å². The van der Waals surface area contributed by atoms with E-state index in [1.165, 1.54) is 6.92 Å². The Morgan fingerprint density at radius 3 is 1.52 bits per heavy atom. The number of nitrogens with zero attached hydrogens (tertiary/aromatic N) is 1. The van der Waals surface area contributed by atoms with E-state index in [-0.39, 0.29) is 5.56 Å². The van der Waals surface area contributed by atoms with Crippen molar-refractivity contribution in [3.8, 4) is 5.75 Å². The van der Waals surface area contributed by atoms with Crippen molar-refractivity contribution < 1.29 is 49.5 Å². The Balaban J connectivity index is 2.46. The summed E-state index contributed by atoms with van der Waals surface area (Å²) in [5.74, 6) is -1.29. The average Bonchev–Trinajstić information content (AvgIpc) is 2.74. The highest BCUT2D eigenvalue weighted by Crippen LogP contribution is 2.55. The molecule has 3 nitrogen and oxygen atoms in total. The molecule has 0 bridgehead atoms. The van der Waals surface area contributed by atoms with Crippen molar-refractivity contribution in [2.75, 3.05) is 0 Å². The molecule has 0 aliphatic carbocycles. The Kier molecular flexibility index (Phi) is 5.42. The van der Waals surface area contributed by atoms with E-state index >= 15 is 0 Å². The van der Waals surface area contributed by atoms with E-state index in [1.807, 2.05) is 0 Å². The maximum absolute atomic E-state index is 13.0. The van der Waals surface area contributed by atoms with Gasteiger partial charge in [-0.1, -0.05) is 12.1 Å². The van der Waals surface area contributed by atoms with E-state index in [1.54, 1.807) is 13.8 Å². The summed E-state index contributed by atoms with van der Waals surface area (Å²) in [6.07, 6.45) is -19.7. The van der Waals surface area contributed by atoms with Crippen LogP contribution < -0.4 is 4.74 Å². The molecule has 0 aromatic heterocycles. The van der Waals surface area contributed by atoms with Crippen molar-refractivity contribution in [3.05, 3.63) is 29.8 Å². The fraction of sp³-hybridized carbons (Fsp3) is 0.647. The third kappa shape index (κ3) is 3.65. The highest BCUT2D eigenvalue weighted by atomic mass is 19.4. The predicted molar refractivity (Wildman–Crippen MR) is 81.2 cm³/mol. The number of alkyl halides is 9. The molecule has 0 spiro atoms.